The lowest BCUT2D eigenvalue weighted by atomic mass is 10.1. The minimum Gasteiger partial charge on any atom is -0.339 e. The Morgan fingerprint density at radius 1 is 1.00 bits per heavy atom. The van der Waals surface area contributed by atoms with Crippen LogP contribution in [0.1, 0.15) is 51.0 Å². The highest BCUT2D eigenvalue weighted by Crippen LogP contribution is 2.20. The minimum atomic E-state index is 0.388. The van der Waals surface area contributed by atoms with Crippen LogP contribution in [0, 0.1) is 13.8 Å². The number of aromatic amines is 1. The van der Waals surface area contributed by atoms with Crippen LogP contribution in [0.2, 0.25) is 0 Å². The molecule has 0 radical (unpaired) electrons. The van der Waals surface area contributed by atoms with Crippen LogP contribution in [0.5, 0.6) is 0 Å². The minimum absolute atomic E-state index is 0.388. The smallest absolute Gasteiger partial charge is 0.181 e. The average Bonchev–Trinajstić information content (AvgIpc) is 2.59. The van der Waals surface area contributed by atoms with E-state index in [1.165, 1.54) is 0 Å². The second-order valence-corrected chi connectivity index (χ2v) is 3.83. The monoisotopic (exact) mass is 220 g/mol. The van der Waals surface area contributed by atoms with Crippen molar-refractivity contribution in [2.75, 3.05) is 0 Å². The summed E-state index contributed by atoms with van der Waals surface area (Å²) in [6.07, 6.45) is 0. The van der Waals surface area contributed by atoms with E-state index in [0.29, 0.717) is 5.92 Å². The predicted molar refractivity (Wildman–Crippen MR) is 66.6 cm³/mol. The molecule has 2 heterocycles. The van der Waals surface area contributed by atoms with E-state index in [9.17, 15) is 0 Å². The molecular weight excluding hydrogens is 200 g/mol. The Bertz CT molecular complexity index is 471. The molecule has 0 saturated heterocycles. The van der Waals surface area contributed by atoms with Gasteiger partial charge in [0.15, 0.2) is 5.65 Å². The van der Waals surface area contributed by atoms with E-state index >= 15 is 0 Å². The molecular formula is C12H20N4. The van der Waals surface area contributed by atoms with Gasteiger partial charge in [-0.05, 0) is 19.8 Å². The van der Waals surface area contributed by atoms with Crippen molar-refractivity contribution in [1.82, 2.24) is 19.9 Å². The molecule has 0 unspecified atom stereocenters. The number of nitrogens with one attached hydrogen (secondary N) is 1. The highest BCUT2D eigenvalue weighted by molar-refractivity contribution is 5.73. The first-order valence-electron chi connectivity index (χ1n) is 5.79. The Hall–Kier alpha value is -1.45. The lowest BCUT2D eigenvalue weighted by Gasteiger charge is -2.05. The van der Waals surface area contributed by atoms with E-state index in [-0.39, 0.29) is 0 Å². The van der Waals surface area contributed by atoms with E-state index in [2.05, 4.69) is 33.8 Å². The highest BCUT2D eigenvalue weighted by Gasteiger charge is 2.11. The molecule has 0 aromatic carbocycles. The molecule has 0 aliphatic heterocycles. The summed E-state index contributed by atoms with van der Waals surface area (Å²) in [5, 5.41) is 0. The molecule has 0 fully saturated rings. The zero-order valence-electron chi connectivity index (χ0n) is 10.9. The van der Waals surface area contributed by atoms with Crippen molar-refractivity contribution in [1.29, 1.82) is 0 Å². The molecule has 0 amide bonds. The molecule has 2 aromatic heterocycles. The molecule has 1 N–H and O–H groups in total. The van der Waals surface area contributed by atoms with Crippen molar-refractivity contribution >= 4 is 11.2 Å². The summed E-state index contributed by atoms with van der Waals surface area (Å²) in [7, 11) is 0. The van der Waals surface area contributed by atoms with E-state index < -0.39 is 0 Å². The van der Waals surface area contributed by atoms with Crippen LogP contribution in [-0.2, 0) is 0 Å². The third kappa shape index (κ3) is 2.38. The number of hydrogen-bond acceptors (Lipinski definition) is 3. The fourth-order valence-corrected chi connectivity index (χ4v) is 1.57. The van der Waals surface area contributed by atoms with Crippen molar-refractivity contribution in [3.8, 4) is 0 Å². The molecule has 4 heteroatoms. The first-order valence-corrected chi connectivity index (χ1v) is 5.79. The fraction of sp³-hybridized carbons (Fsp3) is 0.583. The van der Waals surface area contributed by atoms with Gasteiger partial charge in [-0.15, -0.1) is 0 Å². The zero-order chi connectivity index (χ0) is 12.3. The summed E-state index contributed by atoms with van der Waals surface area (Å²) in [6.45, 7) is 12.1. The van der Waals surface area contributed by atoms with Gasteiger partial charge in [0, 0.05) is 0 Å². The molecule has 2 rings (SSSR count). The topological polar surface area (TPSA) is 54.5 Å². The predicted octanol–water partition coefficient (Wildman–Crippen LogP) is 3.12. The number of imidazole rings is 1. The molecule has 0 spiro atoms. The van der Waals surface area contributed by atoms with Gasteiger partial charge in [-0.2, -0.15) is 0 Å². The first-order chi connectivity index (χ1) is 7.58. The number of hydrogen-bond donors (Lipinski definition) is 1. The largest absolute Gasteiger partial charge is 0.339 e. The van der Waals surface area contributed by atoms with Crippen LogP contribution in [0.15, 0.2) is 0 Å². The van der Waals surface area contributed by atoms with E-state index in [1.54, 1.807) is 0 Å². The van der Waals surface area contributed by atoms with Gasteiger partial charge in [-0.25, -0.2) is 15.0 Å². The second kappa shape index (κ2) is 5.05. The Labute approximate surface area is 96.5 Å². The van der Waals surface area contributed by atoms with Crippen LogP contribution >= 0.6 is 0 Å². The van der Waals surface area contributed by atoms with Crippen molar-refractivity contribution in [2.45, 2.75) is 47.5 Å². The van der Waals surface area contributed by atoms with Gasteiger partial charge < -0.3 is 4.98 Å². The summed E-state index contributed by atoms with van der Waals surface area (Å²) >= 11 is 0. The highest BCUT2D eigenvalue weighted by atomic mass is 15.0. The van der Waals surface area contributed by atoms with Crippen molar-refractivity contribution in [3.05, 3.63) is 17.3 Å². The van der Waals surface area contributed by atoms with E-state index in [4.69, 9.17) is 0 Å². The lowest BCUT2D eigenvalue weighted by molar-refractivity contribution is 0.814. The van der Waals surface area contributed by atoms with E-state index in [0.717, 1.165) is 28.5 Å². The third-order valence-electron chi connectivity index (χ3n) is 2.16. The number of fused-ring (bicyclic) bond motifs is 1. The van der Waals surface area contributed by atoms with Crippen LogP contribution in [0.25, 0.3) is 11.2 Å². The quantitative estimate of drug-likeness (QED) is 0.803. The van der Waals surface area contributed by atoms with Gasteiger partial charge in [-0.3, -0.25) is 0 Å². The van der Waals surface area contributed by atoms with Crippen molar-refractivity contribution < 1.29 is 0 Å². The number of H-pyrrole nitrogens is 1. The SMILES string of the molecule is CC.Cc1nc(C(C)C)c2[nH]c(C)nc2n1. The fourth-order valence-electron chi connectivity index (χ4n) is 1.57. The number of rotatable bonds is 1. The molecule has 0 bridgehead atoms. The van der Waals surface area contributed by atoms with Crippen LogP contribution in [0.3, 0.4) is 0 Å². The Morgan fingerprint density at radius 3 is 2.19 bits per heavy atom. The second-order valence-electron chi connectivity index (χ2n) is 3.83. The number of aromatic nitrogens is 4. The molecule has 88 valence electrons. The molecule has 2 aromatic rings. The van der Waals surface area contributed by atoms with Gasteiger partial charge in [0.2, 0.25) is 0 Å². The zero-order valence-corrected chi connectivity index (χ0v) is 10.9. The molecule has 0 aliphatic rings. The summed E-state index contributed by atoms with van der Waals surface area (Å²) in [5.41, 5.74) is 2.80. The van der Waals surface area contributed by atoms with Crippen LogP contribution in [-0.4, -0.2) is 19.9 Å². The van der Waals surface area contributed by atoms with E-state index in [1.807, 2.05) is 27.7 Å². The summed E-state index contributed by atoms with van der Waals surface area (Å²) in [6, 6.07) is 0. The Morgan fingerprint density at radius 2 is 1.62 bits per heavy atom. The lowest BCUT2D eigenvalue weighted by Crippen LogP contribution is -1.99. The number of nitrogens with zero attached hydrogens (tertiary/aromatic N) is 3. The standard InChI is InChI=1S/C10H14N4.C2H6/c1-5(2)8-9-10(13-6(3)11-8)14-7(4)12-9;1-2/h5H,1-4H3,(H,11,12,13,14);1-2H3. The van der Waals surface area contributed by atoms with Gasteiger partial charge in [0.25, 0.3) is 0 Å². The Balaban J connectivity index is 0.000000606. The summed E-state index contributed by atoms with van der Waals surface area (Å²) in [5.74, 6) is 2.06. The molecule has 0 atom stereocenters. The molecule has 0 aliphatic carbocycles. The van der Waals surface area contributed by atoms with Crippen LogP contribution in [0.4, 0.5) is 0 Å². The van der Waals surface area contributed by atoms with Gasteiger partial charge in [0.1, 0.15) is 17.2 Å². The summed E-state index contributed by atoms with van der Waals surface area (Å²) < 4.78 is 0. The van der Waals surface area contributed by atoms with Gasteiger partial charge in [-0.1, -0.05) is 27.7 Å². The Kier molecular flexibility index (Phi) is 3.99. The average molecular weight is 220 g/mol. The maximum Gasteiger partial charge on any atom is 0.181 e. The molecule has 16 heavy (non-hydrogen) atoms. The summed E-state index contributed by atoms with van der Waals surface area (Å²) in [4.78, 5) is 16.2. The maximum atomic E-state index is 4.43. The first kappa shape index (κ1) is 12.6. The van der Waals surface area contributed by atoms with Crippen LogP contribution < -0.4 is 0 Å². The molecule has 4 nitrogen and oxygen atoms in total. The van der Waals surface area contributed by atoms with Crippen molar-refractivity contribution in [3.63, 3.8) is 0 Å². The van der Waals surface area contributed by atoms with Gasteiger partial charge in [0.05, 0.1) is 5.69 Å². The number of aryl methyl sites for hydroxylation is 2. The normalized spacial score (nSPS) is 10.4. The maximum absolute atomic E-state index is 4.43. The molecule has 0 saturated carbocycles. The van der Waals surface area contributed by atoms with Crippen molar-refractivity contribution in [2.24, 2.45) is 0 Å². The van der Waals surface area contributed by atoms with Gasteiger partial charge >= 0.3 is 0 Å². The third-order valence-corrected chi connectivity index (χ3v) is 2.16.